The zero-order chi connectivity index (χ0) is 11.8. The van der Waals surface area contributed by atoms with Crippen LogP contribution >= 0.6 is 15.9 Å². The molecule has 92 valence electrons. The molecule has 0 aromatic carbocycles. The maximum absolute atomic E-state index is 4.80. The van der Waals surface area contributed by atoms with Gasteiger partial charge in [-0.05, 0) is 48.5 Å². The molecular formula is C13H18BrN3. The van der Waals surface area contributed by atoms with Gasteiger partial charge in [0.25, 0.3) is 0 Å². The van der Waals surface area contributed by atoms with Crippen LogP contribution in [0, 0.1) is 0 Å². The van der Waals surface area contributed by atoms with Crippen molar-refractivity contribution < 1.29 is 0 Å². The number of rotatable bonds is 4. The number of nitrogens with one attached hydrogen (secondary N) is 1. The molecule has 2 saturated carbocycles. The maximum atomic E-state index is 4.80. The smallest absolute Gasteiger partial charge is 0.144 e. The number of nitrogens with zero attached hydrogens (tertiary/aromatic N) is 2. The first kappa shape index (κ1) is 11.5. The predicted molar refractivity (Wildman–Crippen MR) is 72.5 cm³/mol. The van der Waals surface area contributed by atoms with Crippen LogP contribution in [0.15, 0.2) is 4.47 Å². The fraction of sp³-hybridized carbons (Fsp3) is 0.692. The van der Waals surface area contributed by atoms with Crippen LogP contribution in [0.2, 0.25) is 0 Å². The Labute approximate surface area is 111 Å². The minimum Gasteiger partial charge on any atom is -0.369 e. The molecule has 1 heterocycles. The third-order valence-corrected chi connectivity index (χ3v) is 4.45. The highest BCUT2D eigenvalue weighted by Gasteiger charge is 2.31. The lowest BCUT2D eigenvalue weighted by Gasteiger charge is -2.25. The average molecular weight is 296 g/mol. The van der Waals surface area contributed by atoms with Gasteiger partial charge in [-0.3, -0.25) is 0 Å². The molecule has 0 aliphatic heterocycles. The van der Waals surface area contributed by atoms with Crippen LogP contribution in [0.4, 0.5) is 5.82 Å². The van der Waals surface area contributed by atoms with E-state index in [0.29, 0.717) is 11.8 Å². The summed E-state index contributed by atoms with van der Waals surface area (Å²) >= 11 is 3.66. The van der Waals surface area contributed by atoms with E-state index < -0.39 is 0 Å². The molecule has 0 amide bonds. The van der Waals surface area contributed by atoms with Gasteiger partial charge in [0.15, 0.2) is 0 Å². The van der Waals surface area contributed by atoms with E-state index in [1.165, 1.54) is 37.8 Å². The molecule has 0 unspecified atom stereocenters. The van der Waals surface area contributed by atoms with E-state index in [2.05, 4.69) is 33.2 Å². The molecule has 0 radical (unpaired) electrons. The molecule has 3 rings (SSSR count). The molecule has 2 aliphatic rings. The lowest BCUT2D eigenvalue weighted by molar-refractivity contribution is 0.400. The highest BCUT2D eigenvalue weighted by Crippen LogP contribution is 2.45. The van der Waals surface area contributed by atoms with Crippen molar-refractivity contribution in [3.8, 4) is 0 Å². The highest BCUT2D eigenvalue weighted by atomic mass is 79.9. The first-order chi connectivity index (χ1) is 8.29. The first-order valence-electron chi connectivity index (χ1n) is 6.60. The van der Waals surface area contributed by atoms with Crippen LogP contribution in [-0.2, 0) is 0 Å². The maximum Gasteiger partial charge on any atom is 0.144 e. The fourth-order valence-corrected chi connectivity index (χ4v) is 2.88. The Balaban J connectivity index is 1.97. The van der Waals surface area contributed by atoms with Crippen LogP contribution in [0.3, 0.4) is 0 Å². The quantitative estimate of drug-likeness (QED) is 0.918. The van der Waals surface area contributed by atoms with Crippen molar-refractivity contribution in [1.29, 1.82) is 0 Å². The summed E-state index contributed by atoms with van der Waals surface area (Å²) in [7, 11) is 0. The molecule has 1 N–H and O–H groups in total. The molecule has 1 aromatic rings. The van der Waals surface area contributed by atoms with Gasteiger partial charge in [-0.25, -0.2) is 9.97 Å². The normalized spacial score (nSPS) is 20.1. The van der Waals surface area contributed by atoms with Gasteiger partial charge in [0, 0.05) is 18.4 Å². The van der Waals surface area contributed by atoms with E-state index in [0.717, 1.165) is 22.7 Å². The molecule has 3 nitrogen and oxygen atoms in total. The number of aromatic nitrogens is 2. The van der Waals surface area contributed by atoms with Crippen LogP contribution in [0.25, 0.3) is 0 Å². The summed E-state index contributed by atoms with van der Waals surface area (Å²) in [5.41, 5.74) is 1.23. The number of halogens is 1. The summed E-state index contributed by atoms with van der Waals surface area (Å²) in [6.07, 6.45) is 6.42. The second-order valence-corrected chi connectivity index (χ2v) is 5.86. The number of hydrogen-bond donors (Lipinski definition) is 1. The van der Waals surface area contributed by atoms with Crippen molar-refractivity contribution in [2.24, 2.45) is 0 Å². The second kappa shape index (κ2) is 4.56. The SMILES string of the molecule is CCNc1nc(C2CCC2)nc(C2CC2)c1Br. The van der Waals surface area contributed by atoms with Gasteiger partial charge < -0.3 is 5.32 Å². The Hall–Kier alpha value is -0.640. The van der Waals surface area contributed by atoms with Crippen molar-refractivity contribution >= 4 is 21.7 Å². The fourth-order valence-electron chi connectivity index (χ4n) is 2.24. The predicted octanol–water partition coefficient (Wildman–Crippen LogP) is 3.82. The minimum atomic E-state index is 0.609. The Morgan fingerprint density at radius 2 is 1.94 bits per heavy atom. The first-order valence-corrected chi connectivity index (χ1v) is 7.40. The van der Waals surface area contributed by atoms with E-state index in [1.807, 2.05) is 0 Å². The van der Waals surface area contributed by atoms with Crippen molar-refractivity contribution in [3.05, 3.63) is 16.0 Å². The second-order valence-electron chi connectivity index (χ2n) is 5.06. The Morgan fingerprint density at radius 1 is 1.18 bits per heavy atom. The molecule has 0 spiro atoms. The van der Waals surface area contributed by atoms with Gasteiger partial charge in [0.2, 0.25) is 0 Å². The van der Waals surface area contributed by atoms with E-state index in [-0.39, 0.29) is 0 Å². The summed E-state index contributed by atoms with van der Waals surface area (Å²) < 4.78 is 1.09. The average Bonchev–Trinajstić information content (AvgIpc) is 3.04. The van der Waals surface area contributed by atoms with Gasteiger partial charge in [-0.2, -0.15) is 0 Å². The Morgan fingerprint density at radius 3 is 2.47 bits per heavy atom. The number of hydrogen-bond acceptors (Lipinski definition) is 3. The minimum absolute atomic E-state index is 0.609. The van der Waals surface area contributed by atoms with E-state index >= 15 is 0 Å². The number of anilines is 1. The largest absolute Gasteiger partial charge is 0.369 e. The molecule has 2 aliphatic carbocycles. The lowest BCUT2D eigenvalue weighted by Crippen LogP contribution is -2.16. The van der Waals surface area contributed by atoms with Crippen molar-refractivity contribution in [3.63, 3.8) is 0 Å². The van der Waals surface area contributed by atoms with Gasteiger partial charge in [-0.1, -0.05) is 6.42 Å². The van der Waals surface area contributed by atoms with Crippen LogP contribution in [-0.4, -0.2) is 16.5 Å². The summed E-state index contributed by atoms with van der Waals surface area (Å²) in [6, 6.07) is 0. The molecule has 17 heavy (non-hydrogen) atoms. The summed E-state index contributed by atoms with van der Waals surface area (Å²) in [6.45, 7) is 3.01. The molecule has 4 heteroatoms. The third-order valence-electron chi connectivity index (χ3n) is 3.67. The van der Waals surface area contributed by atoms with Crippen LogP contribution in [0.5, 0.6) is 0 Å². The van der Waals surface area contributed by atoms with Gasteiger partial charge in [0.1, 0.15) is 11.6 Å². The Bertz CT molecular complexity index is 425. The zero-order valence-corrected chi connectivity index (χ0v) is 11.8. The topological polar surface area (TPSA) is 37.8 Å². The molecule has 0 bridgehead atoms. The molecule has 2 fully saturated rings. The van der Waals surface area contributed by atoms with Crippen molar-refractivity contribution in [1.82, 2.24) is 9.97 Å². The van der Waals surface area contributed by atoms with Crippen LogP contribution in [0.1, 0.15) is 62.4 Å². The van der Waals surface area contributed by atoms with E-state index in [1.54, 1.807) is 0 Å². The molecule has 0 saturated heterocycles. The van der Waals surface area contributed by atoms with Crippen molar-refractivity contribution in [2.75, 3.05) is 11.9 Å². The molecule has 1 aromatic heterocycles. The summed E-state index contributed by atoms with van der Waals surface area (Å²) in [4.78, 5) is 9.49. The zero-order valence-electron chi connectivity index (χ0n) is 10.2. The monoisotopic (exact) mass is 295 g/mol. The van der Waals surface area contributed by atoms with Gasteiger partial charge >= 0.3 is 0 Å². The summed E-state index contributed by atoms with van der Waals surface area (Å²) in [5, 5.41) is 3.34. The molecule has 0 atom stereocenters. The highest BCUT2D eigenvalue weighted by molar-refractivity contribution is 9.10. The van der Waals surface area contributed by atoms with E-state index in [4.69, 9.17) is 4.98 Å². The third kappa shape index (κ3) is 2.19. The van der Waals surface area contributed by atoms with Crippen molar-refractivity contribution in [2.45, 2.75) is 50.9 Å². The van der Waals surface area contributed by atoms with E-state index in [9.17, 15) is 0 Å². The van der Waals surface area contributed by atoms with Gasteiger partial charge in [-0.15, -0.1) is 0 Å². The lowest BCUT2D eigenvalue weighted by atomic mass is 9.85. The van der Waals surface area contributed by atoms with Crippen LogP contribution < -0.4 is 5.32 Å². The molecular weight excluding hydrogens is 278 g/mol. The van der Waals surface area contributed by atoms with Gasteiger partial charge in [0.05, 0.1) is 10.2 Å². The summed E-state index contributed by atoms with van der Waals surface area (Å²) in [5.74, 6) is 3.34. The standard InChI is InChI=1S/C13H18BrN3/c1-2-15-13-10(14)11(8-6-7-8)16-12(17-13)9-4-3-5-9/h8-9H,2-7H2,1H3,(H,15,16,17). The Kier molecular flexibility index (Phi) is 3.07.